The molecule has 0 bridgehead atoms. The quantitative estimate of drug-likeness (QED) is 0.176. The third-order valence-corrected chi connectivity index (χ3v) is 7.08. The van der Waals surface area contributed by atoms with Gasteiger partial charge in [0, 0.05) is 6.54 Å². The van der Waals surface area contributed by atoms with E-state index >= 15 is 0 Å². The van der Waals surface area contributed by atoms with E-state index in [0.29, 0.717) is 34.2 Å². The molecular weight excluding hydrogens is 552 g/mol. The minimum absolute atomic E-state index is 0.0343. The average molecular weight is 577 g/mol. The molecule has 1 atom stereocenters. The number of nitrogens with two attached hydrogens (primary N) is 1. The monoisotopic (exact) mass is 576 g/mol. The minimum Gasteiger partial charge on any atom is -0.423 e. The van der Waals surface area contributed by atoms with Crippen LogP contribution in [0.4, 0.5) is 17.6 Å². The van der Waals surface area contributed by atoms with Crippen LogP contribution in [-0.2, 0) is 28.6 Å². The normalized spacial score (nSPS) is 14.7. The van der Waals surface area contributed by atoms with E-state index < -0.39 is 35.5 Å². The Morgan fingerprint density at radius 1 is 0.905 bits per heavy atom. The maximum absolute atomic E-state index is 13.2. The van der Waals surface area contributed by atoms with Crippen LogP contribution in [0.5, 0.6) is 5.75 Å². The van der Waals surface area contributed by atoms with Crippen LogP contribution in [0.2, 0.25) is 0 Å². The molecule has 2 amide bonds. The van der Waals surface area contributed by atoms with E-state index in [-0.39, 0.29) is 30.2 Å². The van der Waals surface area contributed by atoms with Gasteiger partial charge in [-0.2, -0.15) is 13.2 Å². The van der Waals surface area contributed by atoms with Gasteiger partial charge in [-0.3, -0.25) is 9.59 Å². The van der Waals surface area contributed by atoms with Crippen LogP contribution in [0.25, 0.3) is 11.1 Å². The third-order valence-electron chi connectivity index (χ3n) is 7.08. The van der Waals surface area contributed by atoms with Crippen molar-refractivity contribution in [2.24, 2.45) is 5.73 Å². The van der Waals surface area contributed by atoms with Crippen molar-refractivity contribution in [2.75, 3.05) is 6.54 Å². The summed E-state index contributed by atoms with van der Waals surface area (Å²) in [7, 11) is 0. The zero-order chi connectivity index (χ0) is 30.0. The molecule has 2 N–H and O–H groups in total. The molecule has 214 valence electrons. The van der Waals surface area contributed by atoms with Gasteiger partial charge in [-0.15, -0.1) is 0 Å². The smallest absolute Gasteiger partial charge is 0.416 e. The van der Waals surface area contributed by atoms with Gasteiger partial charge in [0.25, 0.3) is 0 Å². The van der Waals surface area contributed by atoms with Crippen LogP contribution in [-0.4, -0.2) is 29.2 Å². The van der Waals surface area contributed by atoms with Crippen molar-refractivity contribution in [1.29, 1.82) is 0 Å². The Bertz CT molecular complexity index is 1650. The lowest BCUT2D eigenvalue weighted by Gasteiger charge is -2.35. The molecule has 0 saturated carbocycles. The second kappa shape index (κ2) is 11.5. The van der Waals surface area contributed by atoms with Crippen LogP contribution < -0.4 is 10.5 Å². The number of alkyl halides is 3. The first kappa shape index (κ1) is 28.5. The van der Waals surface area contributed by atoms with Crippen LogP contribution in [0.15, 0.2) is 91.0 Å². The van der Waals surface area contributed by atoms with Crippen molar-refractivity contribution in [2.45, 2.75) is 25.1 Å². The minimum atomic E-state index is -4.48. The van der Waals surface area contributed by atoms with E-state index in [9.17, 15) is 31.9 Å². The van der Waals surface area contributed by atoms with E-state index in [4.69, 9.17) is 10.5 Å². The Morgan fingerprint density at radius 2 is 1.60 bits per heavy atom. The Balaban J connectivity index is 1.35. The molecule has 0 spiro atoms. The first-order valence-corrected chi connectivity index (χ1v) is 13.0. The van der Waals surface area contributed by atoms with E-state index in [2.05, 4.69) is 0 Å². The van der Waals surface area contributed by atoms with Crippen LogP contribution in [0.1, 0.15) is 38.7 Å². The van der Waals surface area contributed by atoms with Crippen LogP contribution >= 0.6 is 0 Å². The van der Waals surface area contributed by atoms with Crippen molar-refractivity contribution < 1.29 is 36.7 Å². The molecule has 4 aromatic rings. The number of fused-ring (bicyclic) bond motifs is 1. The Labute approximate surface area is 238 Å². The molecule has 1 heterocycles. The van der Waals surface area contributed by atoms with Crippen molar-refractivity contribution in [3.63, 3.8) is 0 Å². The van der Waals surface area contributed by atoms with Gasteiger partial charge >= 0.3 is 12.1 Å². The van der Waals surface area contributed by atoms with Gasteiger partial charge in [-0.05, 0) is 76.7 Å². The van der Waals surface area contributed by atoms with E-state index in [1.165, 1.54) is 53.4 Å². The topological polar surface area (TPSA) is 89.7 Å². The number of benzene rings is 4. The van der Waals surface area contributed by atoms with Gasteiger partial charge in [0.2, 0.25) is 11.8 Å². The van der Waals surface area contributed by atoms with Crippen molar-refractivity contribution in [1.82, 2.24) is 4.90 Å². The SMILES string of the molecule is NC(=O)C1c2ccc(OC(=O)c3ccccc3-c3ccc(C(F)(F)F)cc3)cc2CCN1C(=O)Cc1ccc(F)cc1. The summed E-state index contributed by atoms with van der Waals surface area (Å²) in [5.41, 5.74) is 7.63. The highest BCUT2D eigenvalue weighted by Crippen LogP contribution is 2.34. The number of primary amides is 1. The number of esters is 1. The summed E-state index contributed by atoms with van der Waals surface area (Å²) in [5.74, 6) is -2.02. The number of hydrogen-bond acceptors (Lipinski definition) is 4. The highest BCUT2D eigenvalue weighted by Gasteiger charge is 2.35. The fraction of sp³-hybridized carbons (Fsp3) is 0.156. The molecule has 5 rings (SSSR count). The highest BCUT2D eigenvalue weighted by molar-refractivity contribution is 5.98. The molecule has 6 nitrogen and oxygen atoms in total. The molecule has 42 heavy (non-hydrogen) atoms. The number of carbonyl (C=O) groups is 3. The lowest BCUT2D eigenvalue weighted by atomic mass is 9.91. The van der Waals surface area contributed by atoms with Gasteiger partial charge in [-0.25, -0.2) is 9.18 Å². The van der Waals surface area contributed by atoms with Crippen LogP contribution in [0.3, 0.4) is 0 Å². The summed E-state index contributed by atoms with van der Waals surface area (Å²) in [6.45, 7) is 0.189. The van der Waals surface area contributed by atoms with Gasteiger partial charge in [0.05, 0.1) is 17.5 Å². The maximum atomic E-state index is 13.2. The Morgan fingerprint density at radius 3 is 2.26 bits per heavy atom. The number of carbonyl (C=O) groups excluding carboxylic acids is 3. The lowest BCUT2D eigenvalue weighted by molar-refractivity contribution is -0.139. The first-order chi connectivity index (χ1) is 20.0. The predicted octanol–water partition coefficient (Wildman–Crippen LogP) is 5.88. The number of hydrogen-bond donors (Lipinski definition) is 1. The molecule has 1 aliphatic heterocycles. The van der Waals surface area contributed by atoms with Crippen molar-refractivity contribution >= 4 is 17.8 Å². The molecule has 0 radical (unpaired) electrons. The number of amides is 2. The first-order valence-electron chi connectivity index (χ1n) is 13.0. The molecule has 1 unspecified atom stereocenters. The van der Waals surface area contributed by atoms with Crippen LogP contribution in [0, 0.1) is 5.82 Å². The predicted molar refractivity (Wildman–Crippen MR) is 146 cm³/mol. The average Bonchev–Trinajstić information content (AvgIpc) is 2.97. The number of rotatable bonds is 6. The third kappa shape index (κ3) is 6.02. The number of halogens is 4. The Hall–Kier alpha value is -4.99. The van der Waals surface area contributed by atoms with E-state index in [1.807, 2.05) is 0 Å². The zero-order valence-electron chi connectivity index (χ0n) is 22.0. The molecule has 0 aromatic heterocycles. The molecular formula is C32H24F4N2O4. The molecule has 10 heteroatoms. The molecule has 1 aliphatic rings. The second-order valence-corrected chi connectivity index (χ2v) is 9.82. The van der Waals surface area contributed by atoms with Gasteiger partial charge < -0.3 is 15.4 Å². The summed E-state index contributed by atoms with van der Waals surface area (Å²) < 4.78 is 57.8. The number of nitrogens with zero attached hydrogens (tertiary/aromatic N) is 1. The fourth-order valence-corrected chi connectivity index (χ4v) is 5.03. The lowest BCUT2D eigenvalue weighted by Crippen LogP contribution is -2.46. The number of ether oxygens (including phenoxy) is 1. The van der Waals surface area contributed by atoms with E-state index in [0.717, 1.165) is 12.1 Å². The van der Waals surface area contributed by atoms with Gasteiger partial charge in [0.15, 0.2) is 0 Å². The molecule has 0 aliphatic carbocycles. The highest BCUT2D eigenvalue weighted by atomic mass is 19.4. The summed E-state index contributed by atoms with van der Waals surface area (Å²) >= 11 is 0. The molecule has 0 fully saturated rings. The standard InChI is InChI=1S/C32H24F4N2O4/c33-23-11-5-19(6-12-23)17-28(39)38-16-15-21-18-24(13-14-26(21)29(38)30(37)40)42-31(41)27-4-2-1-3-25(27)20-7-9-22(10-8-20)32(34,35)36/h1-14,18,29H,15-17H2,(H2,37,40). The molecule has 4 aromatic carbocycles. The summed E-state index contributed by atoms with van der Waals surface area (Å²) in [4.78, 5) is 40.1. The fourth-order valence-electron chi connectivity index (χ4n) is 5.03. The van der Waals surface area contributed by atoms with Gasteiger partial charge in [0.1, 0.15) is 17.6 Å². The second-order valence-electron chi connectivity index (χ2n) is 9.82. The summed E-state index contributed by atoms with van der Waals surface area (Å²) in [5, 5.41) is 0. The molecule has 0 saturated heterocycles. The largest absolute Gasteiger partial charge is 0.423 e. The Kier molecular flexibility index (Phi) is 7.80. The van der Waals surface area contributed by atoms with E-state index in [1.54, 1.807) is 30.3 Å². The van der Waals surface area contributed by atoms with Gasteiger partial charge in [-0.1, -0.05) is 48.5 Å². The summed E-state index contributed by atoms with van der Waals surface area (Å²) in [6, 6.07) is 20.0. The maximum Gasteiger partial charge on any atom is 0.416 e. The zero-order valence-corrected chi connectivity index (χ0v) is 22.0. The summed E-state index contributed by atoms with van der Waals surface area (Å²) in [6.07, 6.45) is -4.15. The van der Waals surface area contributed by atoms with Crippen molar-refractivity contribution in [3.8, 4) is 16.9 Å². The van der Waals surface area contributed by atoms with Crippen molar-refractivity contribution in [3.05, 3.63) is 125 Å².